The second-order valence-electron chi connectivity index (χ2n) is 6.13. The van der Waals surface area contributed by atoms with Crippen molar-refractivity contribution in [2.45, 2.75) is 37.9 Å². The number of aliphatic hydroxyl groups excluding tert-OH is 1. The predicted molar refractivity (Wildman–Crippen MR) is 87.2 cm³/mol. The first-order valence-corrected chi connectivity index (χ1v) is 8.04. The molecule has 2 aromatic carbocycles. The van der Waals surface area contributed by atoms with Gasteiger partial charge in [-0.2, -0.15) is 0 Å². The number of ether oxygens (including phenoxy) is 1. The molecule has 0 unspecified atom stereocenters. The number of rotatable bonds is 1. The van der Waals surface area contributed by atoms with Crippen molar-refractivity contribution in [1.82, 2.24) is 0 Å². The lowest BCUT2D eigenvalue weighted by molar-refractivity contribution is 0.0695. The first-order valence-electron chi connectivity index (χ1n) is 8.04. The Labute approximate surface area is 131 Å². The van der Waals surface area contributed by atoms with Gasteiger partial charge < -0.3 is 9.84 Å². The SMILES string of the molecule is O[C@@H]1C[C@H](c2ccccc2)OC2=C1CCCc1ccccc12. The second-order valence-corrected chi connectivity index (χ2v) is 6.13. The Balaban J connectivity index is 1.77. The summed E-state index contributed by atoms with van der Waals surface area (Å²) in [5.41, 5.74) is 4.70. The molecule has 0 saturated heterocycles. The molecular weight excluding hydrogens is 272 g/mol. The molecular formula is C20H20O2. The van der Waals surface area contributed by atoms with Crippen molar-refractivity contribution in [2.75, 3.05) is 0 Å². The zero-order chi connectivity index (χ0) is 14.9. The Morgan fingerprint density at radius 1 is 0.909 bits per heavy atom. The minimum Gasteiger partial charge on any atom is -0.485 e. The summed E-state index contributed by atoms with van der Waals surface area (Å²) in [5.74, 6) is 0.917. The lowest BCUT2D eigenvalue weighted by Gasteiger charge is -2.32. The minimum atomic E-state index is -0.403. The highest BCUT2D eigenvalue weighted by atomic mass is 16.5. The highest BCUT2D eigenvalue weighted by Gasteiger charge is 2.32. The molecule has 0 radical (unpaired) electrons. The van der Waals surface area contributed by atoms with Gasteiger partial charge in [0.15, 0.2) is 0 Å². The fourth-order valence-electron chi connectivity index (χ4n) is 3.58. The number of hydrogen-bond donors (Lipinski definition) is 1. The van der Waals surface area contributed by atoms with Crippen LogP contribution in [-0.4, -0.2) is 11.2 Å². The Kier molecular flexibility index (Phi) is 3.47. The first kappa shape index (κ1) is 13.6. The maximum absolute atomic E-state index is 10.6. The van der Waals surface area contributed by atoms with Crippen molar-refractivity contribution in [3.63, 3.8) is 0 Å². The van der Waals surface area contributed by atoms with Gasteiger partial charge in [0.25, 0.3) is 0 Å². The molecule has 1 aliphatic heterocycles. The van der Waals surface area contributed by atoms with Crippen molar-refractivity contribution >= 4 is 5.76 Å². The van der Waals surface area contributed by atoms with Crippen LogP contribution < -0.4 is 0 Å². The number of fused-ring (bicyclic) bond motifs is 2. The van der Waals surface area contributed by atoms with E-state index in [1.165, 1.54) is 5.56 Å². The molecule has 0 aromatic heterocycles. The topological polar surface area (TPSA) is 29.5 Å². The zero-order valence-electron chi connectivity index (χ0n) is 12.5. The van der Waals surface area contributed by atoms with Gasteiger partial charge in [-0.15, -0.1) is 0 Å². The molecule has 0 amide bonds. The molecule has 22 heavy (non-hydrogen) atoms. The normalized spacial score (nSPS) is 24.0. The van der Waals surface area contributed by atoms with Crippen LogP contribution in [0.3, 0.4) is 0 Å². The van der Waals surface area contributed by atoms with Crippen LogP contribution in [0.5, 0.6) is 0 Å². The summed E-state index contributed by atoms with van der Waals surface area (Å²) in [7, 11) is 0. The van der Waals surface area contributed by atoms with Crippen molar-refractivity contribution in [2.24, 2.45) is 0 Å². The molecule has 112 valence electrons. The maximum Gasteiger partial charge on any atom is 0.129 e. The highest BCUT2D eigenvalue weighted by molar-refractivity contribution is 5.68. The molecule has 1 heterocycles. The van der Waals surface area contributed by atoms with Crippen LogP contribution in [0.15, 0.2) is 60.2 Å². The first-order chi connectivity index (χ1) is 10.8. The van der Waals surface area contributed by atoms with Gasteiger partial charge in [-0.05, 0) is 30.4 Å². The number of benzene rings is 2. The van der Waals surface area contributed by atoms with E-state index >= 15 is 0 Å². The molecule has 2 aliphatic rings. The lowest BCUT2D eigenvalue weighted by atomic mass is 9.91. The van der Waals surface area contributed by atoms with Crippen LogP contribution in [0.4, 0.5) is 0 Å². The predicted octanol–water partition coefficient (Wildman–Crippen LogP) is 4.26. The van der Waals surface area contributed by atoms with E-state index in [2.05, 4.69) is 36.4 Å². The third-order valence-electron chi connectivity index (χ3n) is 4.72. The Hall–Kier alpha value is -2.06. The van der Waals surface area contributed by atoms with E-state index in [-0.39, 0.29) is 6.10 Å². The fourth-order valence-corrected chi connectivity index (χ4v) is 3.58. The van der Waals surface area contributed by atoms with Crippen molar-refractivity contribution in [3.8, 4) is 0 Å². The van der Waals surface area contributed by atoms with Gasteiger partial charge in [-0.3, -0.25) is 0 Å². The van der Waals surface area contributed by atoms with E-state index in [4.69, 9.17) is 4.74 Å². The van der Waals surface area contributed by atoms with Crippen LogP contribution in [0.2, 0.25) is 0 Å². The maximum atomic E-state index is 10.6. The van der Waals surface area contributed by atoms with Crippen LogP contribution in [0, 0.1) is 0 Å². The van der Waals surface area contributed by atoms with Gasteiger partial charge in [-0.1, -0.05) is 54.6 Å². The van der Waals surface area contributed by atoms with Crippen molar-refractivity contribution in [3.05, 3.63) is 76.9 Å². The molecule has 2 nitrogen and oxygen atoms in total. The third-order valence-corrected chi connectivity index (χ3v) is 4.72. The fraction of sp³-hybridized carbons (Fsp3) is 0.300. The molecule has 1 aliphatic carbocycles. The average Bonchev–Trinajstić information content (AvgIpc) is 2.76. The largest absolute Gasteiger partial charge is 0.485 e. The third kappa shape index (κ3) is 2.34. The minimum absolute atomic E-state index is 0.0684. The highest BCUT2D eigenvalue weighted by Crippen LogP contribution is 2.42. The summed E-state index contributed by atoms with van der Waals surface area (Å²) >= 11 is 0. The van der Waals surface area contributed by atoms with E-state index in [0.717, 1.165) is 41.7 Å². The monoisotopic (exact) mass is 292 g/mol. The quantitative estimate of drug-likeness (QED) is 0.851. The number of aliphatic hydroxyl groups is 1. The van der Waals surface area contributed by atoms with Gasteiger partial charge in [-0.25, -0.2) is 0 Å². The van der Waals surface area contributed by atoms with E-state index in [1.54, 1.807) is 0 Å². The second kappa shape index (κ2) is 5.62. The molecule has 2 atom stereocenters. The summed E-state index contributed by atoms with van der Waals surface area (Å²) in [6.45, 7) is 0. The molecule has 0 bridgehead atoms. The van der Waals surface area contributed by atoms with Gasteiger partial charge >= 0.3 is 0 Å². The molecule has 0 fully saturated rings. The summed E-state index contributed by atoms with van der Waals surface area (Å²) in [6.07, 6.45) is 3.22. The molecule has 4 rings (SSSR count). The molecule has 1 N–H and O–H groups in total. The summed E-state index contributed by atoms with van der Waals surface area (Å²) in [4.78, 5) is 0. The Morgan fingerprint density at radius 2 is 1.68 bits per heavy atom. The van der Waals surface area contributed by atoms with E-state index in [9.17, 15) is 5.11 Å². The van der Waals surface area contributed by atoms with E-state index < -0.39 is 6.10 Å². The van der Waals surface area contributed by atoms with Gasteiger partial charge in [0.2, 0.25) is 0 Å². The Morgan fingerprint density at radius 3 is 2.55 bits per heavy atom. The zero-order valence-corrected chi connectivity index (χ0v) is 12.5. The van der Waals surface area contributed by atoms with Crippen LogP contribution in [-0.2, 0) is 11.2 Å². The summed E-state index contributed by atoms with van der Waals surface area (Å²) in [5, 5.41) is 10.6. The molecule has 0 saturated carbocycles. The molecule has 2 aromatic rings. The standard InChI is InChI=1S/C20H20O2/c21-18-13-19(15-8-2-1-3-9-15)22-20-16-11-5-4-7-14(16)10-6-12-17(18)20/h1-5,7-9,11,18-19,21H,6,10,12-13H2/t18-,19-/m1/s1. The average molecular weight is 292 g/mol. The smallest absolute Gasteiger partial charge is 0.129 e. The number of hydrogen-bond acceptors (Lipinski definition) is 2. The lowest BCUT2D eigenvalue weighted by Crippen LogP contribution is -2.24. The Bertz CT molecular complexity index is 703. The molecule has 0 spiro atoms. The van der Waals surface area contributed by atoms with Crippen LogP contribution >= 0.6 is 0 Å². The van der Waals surface area contributed by atoms with E-state index in [1.807, 2.05) is 18.2 Å². The number of aryl methyl sites for hydroxylation is 1. The van der Waals surface area contributed by atoms with Gasteiger partial charge in [0.1, 0.15) is 11.9 Å². The van der Waals surface area contributed by atoms with Gasteiger partial charge in [0.05, 0.1) is 6.10 Å². The van der Waals surface area contributed by atoms with Crippen LogP contribution in [0.1, 0.15) is 42.1 Å². The van der Waals surface area contributed by atoms with Gasteiger partial charge in [0, 0.05) is 17.6 Å². The summed E-state index contributed by atoms with van der Waals surface area (Å²) < 4.78 is 6.37. The van der Waals surface area contributed by atoms with Crippen LogP contribution in [0.25, 0.3) is 5.76 Å². The molecule has 2 heteroatoms. The van der Waals surface area contributed by atoms with Crippen molar-refractivity contribution < 1.29 is 9.84 Å². The van der Waals surface area contributed by atoms with Crippen molar-refractivity contribution in [1.29, 1.82) is 0 Å². The summed E-state index contributed by atoms with van der Waals surface area (Å²) in [6, 6.07) is 18.6. The van der Waals surface area contributed by atoms with E-state index in [0.29, 0.717) is 6.42 Å².